The summed E-state index contributed by atoms with van der Waals surface area (Å²) in [7, 11) is 3.96. The van der Waals surface area contributed by atoms with E-state index in [0.717, 1.165) is 11.3 Å². The third-order valence-corrected chi connectivity index (χ3v) is 7.53. The van der Waals surface area contributed by atoms with Crippen LogP contribution < -0.4 is 25.1 Å². The van der Waals surface area contributed by atoms with Crippen LogP contribution in [0.4, 0.5) is 11.4 Å². The summed E-state index contributed by atoms with van der Waals surface area (Å²) in [6.07, 6.45) is 1.86. The number of nitrogens with zero attached hydrogens (tertiary/aromatic N) is 3. The lowest BCUT2D eigenvalue weighted by molar-refractivity contribution is -0.113. The normalized spacial score (nSPS) is 15.2. The molecule has 5 rings (SSSR count). The van der Waals surface area contributed by atoms with Crippen molar-refractivity contribution in [1.82, 2.24) is 4.57 Å². The Morgan fingerprint density at radius 3 is 2.38 bits per heavy atom. The summed E-state index contributed by atoms with van der Waals surface area (Å²) < 4.78 is 2.12. The van der Waals surface area contributed by atoms with Crippen LogP contribution in [0.3, 0.4) is 0 Å². The summed E-state index contributed by atoms with van der Waals surface area (Å²) in [4.78, 5) is 34.6. The molecule has 0 spiro atoms. The third kappa shape index (κ3) is 4.88. The Kier molecular flexibility index (Phi) is 6.82. The van der Waals surface area contributed by atoms with Gasteiger partial charge in [-0.05, 0) is 54.5 Å². The fourth-order valence-corrected chi connectivity index (χ4v) is 5.63. The summed E-state index contributed by atoms with van der Waals surface area (Å²) in [5, 5.41) is 3.42. The highest BCUT2D eigenvalue weighted by atomic mass is 35.5. The number of amides is 1. The number of carbonyl (C=O) groups is 1. The molecule has 0 bridgehead atoms. The van der Waals surface area contributed by atoms with Gasteiger partial charge in [-0.2, -0.15) is 0 Å². The third-order valence-electron chi connectivity index (χ3n) is 6.21. The second-order valence-corrected chi connectivity index (χ2v) is 10.3. The average Bonchev–Trinajstić information content (AvgIpc) is 3.18. The molecule has 1 N–H and O–H groups in total. The predicted octanol–water partition coefficient (Wildman–Crippen LogP) is 4.59. The van der Waals surface area contributed by atoms with Gasteiger partial charge in [0.1, 0.15) is 0 Å². The van der Waals surface area contributed by atoms with Crippen LogP contribution in [-0.2, 0) is 4.79 Å². The highest BCUT2D eigenvalue weighted by Crippen LogP contribution is 2.34. The molecule has 0 saturated carbocycles. The number of allylic oxidation sites excluding steroid dienone is 1. The molecule has 0 saturated heterocycles. The number of fused-ring (bicyclic) bond motifs is 1. The molecule has 1 aliphatic rings. The molecule has 4 aromatic rings. The van der Waals surface area contributed by atoms with E-state index in [4.69, 9.17) is 11.6 Å². The number of hydrogen-bond acceptors (Lipinski definition) is 5. The van der Waals surface area contributed by atoms with E-state index in [-0.39, 0.29) is 11.5 Å². The molecule has 3 aromatic carbocycles. The van der Waals surface area contributed by atoms with Crippen LogP contribution in [0.5, 0.6) is 0 Å². The number of rotatable bonds is 5. The number of anilines is 2. The van der Waals surface area contributed by atoms with E-state index < -0.39 is 6.04 Å². The zero-order chi connectivity index (χ0) is 26.1. The van der Waals surface area contributed by atoms with Crippen molar-refractivity contribution in [3.05, 3.63) is 126 Å². The molecular formula is C29H25ClN4O2S. The van der Waals surface area contributed by atoms with Gasteiger partial charge in [-0.15, -0.1) is 0 Å². The van der Waals surface area contributed by atoms with Crippen molar-refractivity contribution in [3.63, 3.8) is 0 Å². The monoisotopic (exact) mass is 528 g/mol. The largest absolute Gasteiger partial charge is 0.378 e. The first-order valence-corrected chi connectivity index (χ1v) is 12.9. The number of hydrogen-bond donors (Lipinski definition) is 1. The van der Waals surface area contributed by atoms with Gasteiger partial charge in [-0.3, -0.25) is 14.2 Å². The van der Waals surface area contributed by atoms with E-state index in [9.17, 15) is 9.59 Å². The van der Waals surface area contributed by atoms with Crippen LogP contribution in [-0.4, -0.2) is 24.6 Å². The lowest BCUT2D eigenvalue weighted by atomic mass is 9.95. The van der Waals surface area contributed by atoms with Crippen molar-refractivity contribution in [2.24, 2.45) is 4.99 Å². The maximum Gasteiger partial charge on any atom is 0.271 e. The zero-order valence-electron chi connectivity index (χ0n) is 20.6. The first kappa shape index (κ1) is 24.7. The molecular weight excluding hydrogens is 504 g/mol. The fourth-order valence-electron chi connectivity index (χ4n) is 4.34. The lowest BCUT2D eigenvalue weighted by Crippen LogP contribution is -2.40. The predicted molar refractivity (Wildman–Crippen MR) is 151 cm³/mol. The molecule has 0 radical (unpaired) electrons. The van der Waals surface area contributed by atoms with Crippen LogP contribution in [0.2, 0.25) is 5.02 Å². The zero-order valence-corrected chi connectivity index (χ0v) is 22.2. The minimum absolute atomic E-state index is 0.220. The first-order chi connectivity index (χ1) is 17.8. The Bertz CT molecular complexity index is 1690. The van der Waals surface area contributed by atoms with Gasteiger partial charge in [0.25, 0.3) is 11.5 Å². The Hall–Kier alpha value is -3.94. The van der Waals surface area contributed by atoms with E-state index in [2.05, 4.69) is 10.3 Å². The molecule has 0 fully saturated rings. The van der Waals surface area contributed by atoms with Crippen molar-refractivity contribution in [2.75, 3.05) is 24.3 Å². The number of benzene rings is 3. The molecule has 186 valence electrons. The summed E-state index contributed by atoms with van der Waals surface area (Å²) in [6, 6.07) is 23.7. The van der Waals surface area contributed by atoms with Gasteiger partial charge in [-0.25, -0.2) is 4.99 Å². The maximum absolute atomic E-state index is 13.8. The summed E-state index contributed by atoms with van der Waals surface area (Å²) >= 11 is 7.92. The smallest absolute Gasteiger partial charge is 0.271 e. The Morgan fingerprint density at radius 2 is 1.70 bits per heavy atom. The topological polar surface area (TPSA) is 66.7 Å². The highest BCUT2D eigenvalue weighted by Gasteiger charge is 2.33. The minimum atomic E-state index is -0.716. The summed E-state index contributed by atoms with van der Waals surface area (Å²) in [5.74, 6) is -0.328. The van der Waals surface area contributed by atoms with Crippen molar-refractivity contribution in [1.29, 1.82) is 0 Å². The van der Waals surface area contributed by atoms with Gasteiger partial charge >= 0.3 is 0 Å². The quantitative estimate of drug-likeness (QED) is 0.412. The SMILES string of the molecule is CC1=C(C(=O)Nc2ccccc2)C(c2ccccc2Cl)n2c(sc(=Cc3ccc(N(C)C)cc3)c2=O)=N1. The molecule has 37 heavy (non-hydrogen) atoms. The summed E-state index contributed by atoms with van der Waals surface area (Å²) in [6.45, 7) is 1.79. The fraction of sp³-hybridized carbons (Fsp3) is 0.138. The van der Waals surface area contributed by atoms with E-state index in [1.807, 2.05) is 97.9 Å². The molecule has 6 nitrogen and oxygen atoms in total. The Labute approximate surface area is 223 Å². The maximum atomic E-state index is 13.8. The van der Waals surface area contributed by atoms with Gasteiger partial charge < -0.3 is 10.2 Å². The van der Waals surface area contributed by atoms with Crippen LogP contribution >= 0.6 is 22.9 Å². The number of carbonyl (C=O) groups excluding carboxylic acids is 1. The van der Waals surface area contributed by atoms with Crippen LogP contribution in [0.25, 0.3) is 6.08 Å². The molecule has 1 aromatic heterocycles. The second kappa shape index (κ2) is 10.2. The molecule has 1 aliphatic heterocycles. The van der Waals surface area contributed by atoms with E-state index >= 15 is 0 Å². The summed E-state index contributed by atoms with van der Waals surface area (Å²) in [5.41, 5.74) is 4.00. The molecule has 1 atom stereocenters. The van der Waals surface area contributed by atoms with E-state index in [1.165, 1.54) is 11.3 Å². The number of nitrogens with one attached hydrogen (secondary N) is 1. The molecule has 2 heterocycles. The van der Waals surface area contributed by atoms with E-state index in [0.29, 0.717) is 36.9 Å². The average molecular weight is 529 g/mol. The number of para-hydroxylation sites is 1. The minimum Gasteiger partial charge on any atom is -0.378 e. The van der Waals surface area contributed by atoms with Gasteiger partial charge in [0.05, 0.1) is 21.8 Å². The van der Waals surface area contributed by atoms with E-state index in [1.54, 1.807) is 17.6 Å². The number of thiazole rings is 1. The lowest BCUT2D eigenvalue weighted by Gasteiger charge is -2.26. The van der Waals surface area contributed by atoms with Crippen molar-refractivity contribution < 1.29 is 4.79 Å². The van der Waals surface area contributed by atoms with Crippen molar-refractivity contribution in [3.8, 4) is 0 Å². The molecule has 0 aliphatic carbocycles. The van der Waals surface area contributed by atoms with Crippen LogP contribution in [0.15, 0.2) is 99.9 Å². The van der Waals surface area contributed by atoms with Crippen LogP contribution in [0, 0.1) is 0 Å². The van der Waals surface area contributed by atoms with Gasteiger partial charge in [0, 0.05) is 30.5 Å². The number of halogens is 1. The van der Waals surface area contributed by atoms with Gasteiger partial charge in [-0.1, -0.05) is 71.5 Å². The number of aromatic nitrogens is 1. The molecule has 1 unspecified atom stereocenters. The standard InChI is InChI=1S/C29H25ClN4O2S/c1-18-25(27(35)32-20-9-5-4-6-10-20)26(22-11-7-8-12-23(22)30)34-28(36)24(37-29(34)31-18)17-19-13-15-21(16-14-19)33(2)3/h4-17,26H,1-3H3,(H,32,35). The van der Waals surface area contributed by atoms with Gasteiger partial charge in [0.15, 0.2) is 4.80 Å². The second-order valence-electron chi connectivity index (χ2n) is 8.91. The Morgan fingerprint density at radius 1 is 1.03 bits per heavy atom. The molecule has 8 heteroatoms. The van der Waals surface area contributed by atoms with Crippen molar-refractivity contribution in [2.45, 2.75) is 13.0 Å². The first-order valence-electron chi connectivity index (χ1n) is 11.7. The van der Waals surface area contributed by atoms with Crippen molar-refractivity contribution >= 4 is 46.3 Å². The Balaban J connectivity index is 1.66. The molecule has 1 amide bonds. The van der Waals surface area contributed by atoms with Gasteiger partial charge in [0.2, 0.25) is 0 Å². The highest BCUT2D eigenvalue weighted by molar-refractivity contribution is 7.07. The van der Waals surface area contributed by atoms with Crippen LogP contribution in [0.1, 0.15) is 24.1 Å².